The molecule has 2 heterocycles. The normalized spacial score (nSPS) is 14.6. The first-order chi connectivity index (χ1) is 14.1. The lowest BCUT2D eigenvalue weighted by atomic mass is 10.1. The number of carbonyl (C=O) groups excluding carboxylic acids is 2. The van der Waals surface area contributed by atoms with Gasteiger partial charge in [0.05, 0.1) is 10.9 Å². The van der Waals surface area contributed by atoms with Gasteiger partial charge in [-0.1, -0.05) is 6.08 Å². The standard InChI is InChI=1S/C21H26N4O4S/c1-5-8-25-18(27)15-7-6-14(13-16(15)22-19(25)30)17(26)23-9-11-24(12-10-23)20(28)29-21(2,3)4/h5-7,13H,1,8-12H2,2-4H3,(H,22,30). The Balaban J connectivity index is 1.76. The first-order valence-corrected chi connectivity index (χ1v) is 10.2. The number of H-pyrrole nitrogens is 1. The van der Waals surface area contributed by atoms with E-state index in [4.69, 9.17) is 17.0 Å². The quantitative estimate of drug-likeness (QED) is 0.598. The zero-order valence-corrected chi connectivity index (χ0v) is 18.3. The molecule has 0 bridgehead atoms. The van der Waals surface area contributed by atoms with Crippen LogP contribution in [0.1, 0.15) is 31.1 Å². The Morgan fingerprint density at radius 2 is 1.83 bits per heavy atom. The maximum Gasteiger partial charge on any atom is 0.410 e. The van der Waals surface area contributed by atoms with Crippen LogP contribution in [0.5, 0.6) is 0 Å². The van der Waals surface area contributed by atoms with E-state index in [1.165, 1.54) is 4.57 Å². The van der Waals surface area contributed by atoms with Crippen molar-refractivity contribution in [1.29, 1.82) is 0 Å². The Morgan fingerprint density at radius 3 is 2.43 bits per heavy atom. The van der Waals surface area contributed by atoms with E-state index in [2.05, 4.69) is 11.6 Å². The fraction of sp³-hybridized carbons (Fsp3) is 0.429. The number of amides is 2. The lowest BCUT2D eigenvalue weighted by Gasteiger charge is -2.35. The molecule has 0 radical (unpaired) electrons. The number of carbonyl (C=O) groups is 2. The van der Waals surface area contributed by atoms with Crippen LogP contribution in [-0.2, 0) is 11.3 Å². The Morgan fingerprint density at radius 1 is 1.20 bits per heavy atom. The molecule has 0 spiro atoms. The van der Waals surface area contributed by atoms with Gasteiger partial charge in [-0.05, 0) is 51.2 Å². The number of hydrogen-bond acceptors (Lipinski definition) is 5. The van der Waals surface area contributed by atoms with Crippen LogP contribution in [0.3, 0.4) is 0 Å². The van der Waals surface area contributed by atoms with Crippen LogP contribution in [0.4, 0.5) is 4.79 Å². The summed E-state index contributed by atoms with van der Waals surface area (Å²) in [6.45, 7) is 11.0. The van der Waals surface area contributed by atoms with E-state index in [1.807, 2.05) is 20.8 Å². The molecule has 1 aliphatic heterocycles. The number of allylic oxidation sites excluding steroid dienone is 1. The Hall–Kier alpha value is -2.94. The van der Waals surface area contributed by atoms with Crippen molar-refractivity contribution in [2.24, 2.45) is 0 Å². The molecule has 2 aromatic rings. The number of hydrogen-bond donors (Lipinski definition) is 1. The van der Waals surface area contributed by atoms with Crippen LogP contribution in [0.25, 0.3) is 10.9 Å². The molecule has 2 amide bonds. The number of nitrogens with zero attached hydrogens (tertiary/aromatic N) is 3. The molecule has 0 atom stereocenters. The van der Waals surface area contributed by atoms with Crippen molar-refractivity contribution in [2.75, 3.05) is 26.2 Å². The minimum absolute atomic E-state index is 0.157. The fourth-order valence-electron chi connectivity index (χ4n) is 3.28. The van der Waals surface area contributed by atoms with Crippen LogP contribution >= 0.6 is 12.2 Å². The van der Waals surface area contributed by atoms with Crippen molar-refractivity contribution in [2.45, 2.75) is 32.9 Å². The van der Waals surface area contributed by atoms with Crippen molar-refractivity contribution >= 4 is 35.1 Å². The molecular weight excluding hydrogens is 404 g/mol. The topological polar surface area (TPSA) is 87.6 Å². The Kier molecular flexibility index (Phi) is 6.12. The summed E-state index contributed by atoms with van der Waals surface area (Å²) < 4.78 is 7.09. The maximum absolute atomic E-state index is 12.9. The van der Waals surface area contributed by atoms with Gasteiger partial charge in [0.2, 0.25) is 0 Å². The number of rotatable bonds is 3. The van der Waals surface area contributed by atoms with Gasteiger partial charge in [-0.2, -0.15) is 0 Å². The average molecular weight is 431 g/mol. The van der Waals surface area contributed by atoms with E-state index in [1.54, 1.807) is 34.1 Å². The molecule has 0 aliphatic carbocycles. The molecule has 0 saturated carbocycles. The number of aromatic nitrogens is 2. The summed E-state index contributed by atoms with van der Waals surface area (Å²) in [5.74, 6) is -0.157. The molecular formula is C21H26N4O4S. The molecule has 1 N–H and O–H groups in total. The fourth-order valence-corrected chi connectivity index (χ4v) is 3.55. The van der Waals surface area contributed by atoms with Crippen molar-refractivity contribution in [3.8, 4) is 0 Å². The molecule has 1 saturated heterocycles. The van der Waals surface area contributed by atoms with Gasteiger partial charge in [-0.15, -0.1) is 6.58 Å². The van der Waals surface area contributed by atoms with Crippen LogP contribution in [0.15, 0.2) is 35.6 Å². The second-order valence-corrected chi connectivity index (χ2v) is 8.54. The van der Waals surface area contributed by atoms with Gasteiger partial charge in [0.15, 0.2) is 4.77 Å². The average Bonchev–Trinajstić information content (AvgIpc) is 2.69. The van der Waals surface area contributed by atoms with Gasteiger partial charge in [-0.3, -0.25) is 14.2 Å². The summed E-state index contributed by atoms with van der Waals surface area (Å²) in [6.07, 6.45) is 1.23. The van der Waals surface area contributed by atoms with Gasteiger partial charge >= 0.3 is 6.09 Å². The summed E-state index contributed by atoms with van der Waals surface area (Å²) in [5.41, 5.74) is 0.196. The van der Waals surface area contributed by atoms with Gasteiger partial charge in [-0.25, -0.2) is 4.79 Å². The first-order valence-electron chi connectivity index (χ1n) is 9.75. The van der Waals surface area contributed by atoms with E-state index < -0.39 is 5.60 Å². The van der Waals surface area contributed by atoms with E-state index in [-0.39, 0.29) is 22.3 Å². The van der Waals surface area contributed by atoms with E-state index in [9.17, 15) is 14.4 Å². The molecule has 3 rings (SSSR count). The van der Waals surface area contributed by atoms with Crippen LogP contribution in [0.2, 0.25) is 0 Å². The highest BCUT2D eigenvalue weighted by molar-refractivity contribution is 7.71. The number of nitrogens with one attached hydrogen (secondary N) is 1. The number of fused-ring (bicyclic) bond motifs is 1. The second-order valence-electron chi connectivity index (χ2n) is 8.15. The highest BCUT2D eigenvalue weighted by atomic mass is 32.1. The largest absolute Gasteiger partial charge is 0.444 e. The highest BCUT2D eigenvalue weighted by Gasteiger charge is 2.28. The zero-order valence-electron chi connectivity index (χ0n) is 17.4. The first kappa shape index (κ1) is 21.8. The highest BCUT2D eigenvalue weighted by Crippen LogP contribution is 2.16. The summed E-state index contributed by atoms with van der Waals surface area (Å²) in [4.78, 5) is 44.1. The number of aromatic amines is 1. The summed E-state index contributed by atoms with van der Waals surface area (Å²) >= 11 is 5.26. The maximum atomic E-state index is 12.9. The van der Waals surface area contributed by atoms with Crippen molar-refractivity contribution in [3.05, 3.63) is 51.5 Å². The van der Waals surface area contributed by atoms with Crippen molar-refractivity contribution in [1.82, 2.24) is 19.4 Å². The minimum atomic E-state index is -0.556. The third-order valence-electron chi connectivity index (χ3n) is 4.76. The molecule has 1 aromatic heterocycles. The Labute approximate surface area is 179 Å². The third-order valence-corrected chi connectivity index (χ3v) is 5.08. The molecule has 0 unspecified atom stereocenters. The van der Waals surface area contributed by atoms with Gasteiger partial charge in [0.1, 0.15) is 5.60 Å². The van der Waals surface area contributed by atoms with E-state index in [0.29, 0.717) is 49.2 Å². The lowest BCUT2D eigenvalue weighted by Crippen LogP contribution is -2.51. The zero-order chi connectivity index (χ0) is 22.1. The van der Waals surface area contributed by atoms with Crippen molar-refractivity contribution in [3.63, 3.8) is 0 Å². The van der Waals surface area contributed by atoms with Crippen molar-refractivity contribution < 1.29 is 14.3 Å². The van der Waals surface area contributed by atoms with Gasteiger partial charge in [0.25, 0.3) is 11.5 Å². The summed E-state index contributed by atoms with van der Waals surface area (Å²) in [6, 6.07) is 4.92. The molecule has 8 nitrogen and oxygen atoms in total. The van der Waals surface area contributed by atoms with E-state index in [0.717, 1.165) is 0 Å². The SMILES string of the molecule is C=CCn1c(=S)[nH]c2cc(C(=O)N3CCN(C(=O)OC(C)(C)C)CC3)ccc2c1=O. The Bertz CT molecular complexity index is 1100. The second kappa shape index (κ2) is 8.43. The molecule has 1 fully saturated rings. The predicted molar refractivity (Wildman–Crippen MR) is 117 cm³/mol. The number of piperazine rings is 1. The molecule has 160 valence electrons. The molecule has 1 aromatic carbocycles. The van der Waals surface area contributed by atoms with Gasteiger partial charge < -0.3 is 19.5 Å². The molecule has 30 heavy (non-hydrogen) atoms. The summed E-state index contributed by atoms with van der Waals surface area (Å²) in [5, 5.41) is 0.455. The van der Waals surface area contributed by atoms with Crippen LogP contribution in [-0.4, -0.2) is 63.1 Å². The minimum Gasteiger partial charge on any atom is -0.444 e. The van der Waals surface area contributed by atoms with E-state index >= 15 is 0 Å². The third kappa shape index (κ3) is 4.62. The van der Waals surface area contributed by atoms with Crippen LogP contribution in [0, 0.1) is 4.77 Å². The van der Waals surface area contributed by atoms with Gasteiger partial charge in [0, 0.05) is 38.3 Å². The van der Waals surface area contributed by atoms with Crippen LogP contribution < -0.4 is 5.56 Å². The number of ether oxygens (including phenoxy) is 1. The molecule has 1 aliphatic rings. The smallest absolute Gasteiger partial charge is 0.410 e. The number of benzene rings is 1. The molecule has 9 heteroatoms. The monoisotopic (exact) mass is 430 g/mol. The summed E-state index contributed by atoms with van der Waals surface area (Å²) in [7, 11) is 0. The lowest BCUT2D eigenvalue weighted by molar-refractivity contribution is 0.0141. The predicted octanol–water partition coefficient (Wildman–Crippen LogP) is 2.94.